The van der Waals surface area contributed by atoms with Gasteiger partial charge in [-0.05, 0) is 61.6 Å². The summed E-state index contributed by atoms with van der Waals surface area (Å²) in [5, 5.41) is 14.5. The second kappa shape index (κ2) is 11.9. The first kappa shape index (κ1) is 28.2. The highest BCUT2D eigenvalue weighted by molar-refractivity contribution is 7.92. The van der Waals surface area contributed by atoms with Gasteiger partial charge in [-0.25, -0.2) is 18.2 Å². The minimum absolute atomic E-state index is 0.183. The molecule has 3 N–H and O–H groups in total. The molecule has 12 heteroatoms. The van der Waals surface area contributed by atoms with Gasteiger partial charge < -0.3 is 20.5 Å². The van der Waals surface area contributed by atoms with Crippen LogP contribution in [0.2, 0.25) is 0 Å². The van der Waals surface area contributed by atoms with Crippen LogP contribution in [0, 0.1) is 11.8 Å². The maximum absolute atomic E-state index is 13.5. The smallest absolute Gasteiger partial charge is 0.326 e. The van der Waals surface area contributed by atoms with E-state index in [0.29, 0.717) is 38.0 Å². The third kappa shape index (κ3) is 6.78. The number of anilines is 1. The summed E-state index contributed by atoms with van der Waals surface area (Å²) >= 11 is 0.962. The SMILES string of the molecule is CC(C)[C@H](NC(=O)c1cnc(NC(=O)C(CC2CCOCC2)c2ccc(S(=O)(=O)C3CC3)cc2)s1)C(=O)O. The predicted octanol–water partition coefficient (Wildman–Crippen LogP) is 3.46. The maximum atomic E-state index is 13.5. The first-order chi connectivity index (χ1) is 18.1. The van der Waals surface area contributed by atoms with E-state index in [1.54, 1.807) is 38.1 Å². The Labute approximate surface area is 226 Å². The van der Waals surface area contributed by atoms with Gasteiger partial charge in [0, 0.05) is 13.2 Å². The lowest BCUT2D eigenvalue weighted by molar-refractivity contribution is -0.140. The van der Waals surface area contributed by atoms with Crippen LogP contribution in [-0.4, -0.2) is 60.8 Å². The number of carbonyl (C=O) groups excluding carboxylic acids is 2. The number of aliphatic carboxylic acids is 1. The Bertz CT molecular complexity index is 1260. The Morgan fingerprint density at radius 2 is 1.76 bits per heavy atom. The Balaban J connectivity index is 1.49. The number of ether oxygens (including phenoxy) is 1. The van der Waals surface area contributed by atoms with Gasteiger partial charge in [0.15, 0.2) is 15.0 Å². The number of carboxylic acids is 1. The number of benzene rings is 1. The molecule has 1 aliphatic carbocycles. The Morgan fingerprint density at radius 1 is 1.11 bits per heavy atom. The summed E-state index contributed by atoms with van der Waals surface area (Å²) in [5.41, 5.74) is 0.708. The van der Waals surface area contributed by atoms with Gasteiger partial charge in [0.1, 0.15) is 10.9 Å². The zero-order chi connectivity index (χ0) is 27.4. The molecule has 2 aromatic rings. The van der Waals surface area contributed by atoms with Crippen molar-refractivity contribution in [2.24, 2.45) is 11.8 Å². The van der Waals surface area contributed by atoms with Gasteiger partial charge in [0.05, 0.1) is 22.3 Å². The number of nitrogens with zero attached hydrogens (tertiary/aromatic N) is 1. The van der Waals surface area contributed by atoms with E-state index in [1.807, 2.05) is 0 Å². The molecule has 2 aliphatic rings. The van der Waals surface area contributed by atoms with Crippen molar-refractivity contribution >= 4 is 44.1 Å². The van der Waals surface area contributed by atoms with E-state index in [2.05, 4.69) is 15.6 Å². The fourth-order valence-electron chi connectivity index (χ4n) is 4.53. The zero-order valence-electron chi connectivity index (χ0n) is 21.4. The van der Waals surface area contributed by atoms with Gasteiger partial charge in [-0.1, -0.05) is 37.3 Å². The lowest BCUT2D eigenvalue weighted by Crippen LogP contribution is -2.44. The van der Waals surface area contributed by atoms with E-state index in [1.165, 1.54) is 6.20 Å². The largest absolute Gasteiger partial charge is 0.480 e. The first-order valence-electron chi connectivity index (χ1n) is 12.8. The van der Waals surface area contributed by atoms with Crippen molar-refractivity contribution in [3.63, 3.8) is 0 Å². The highest BCUT2D eigenvalue weighted by Gasteiger charge is 2.37. The summed E-state index contributed by atoms with van der Waals surface area (Å²) in [5.74, 6) is -2.58. The number of hydrogen-bond donors (Lipinski definition) is 3. The van der Waals surface area contributed by atoms with E-state index < -0.39 is 33.7 Å². The number of sulfone groups is 1. The van der Waals surface area contributed by atoms with Crippen molar-refractivity contribution in [1.29, 1.82) is 0 Å². The van der Waals surface area contributed by atoms with E-state index in [0.717, 1.165) is 24.2 Å². The fourth-order valence-corrected chi connectivity index (χ4v) is 6.91. The molecule has 0 radical (unpaired) electrons. The number of aromatic nitrogens is 1. The standard InChI is InChI=1S/C26H33N3O7S2/c1-15(2)22(25(32)33)28-24(31)21-14-27-26(37-21)29-23(30)20(13-16-9-11-36-12-10-16)17-3-5-18(6-4-17)38(34,35)19-7-8-19/h3-6,14-16,19-20,22H,7-13H2,1-2H3,(H,28,31)(H,32,33)(H,27,29,30)/t20?,22-/m0/s1. The van der Waals surface area contributed by atoms with Crippen LogP contribution in [0.3, 0.4) is 0 Å². The van der Waals surface area contributed by atoms with Gasteiger partial charge in [-0.3, -0.25) is 9.59 Å². The van der Waals surface area contributed by atoms with Crippen LogP contribution in [0.4, 0.5) is 5.13 Å². The number of carbonyl (C=O) groups is 3. The Morgan fingerprint density at radius 3 is 2.34 bits per heavy atom. The van der Waals surface area contributed by atoms with Crippen molar-refractivity contribution in [1.82, 2.24) is 10.3 Å². The van der Waals surface area contributed by atoms with Crippen LogP contribution in [0.15, 0.2) is 35.4 Å². The molecule has 2 heterocycles. The van der Waals surface area contributed by atoms with Crippen molar-refractivity contribution < 1.29 is 32.6 Å². The van der Waals surface area contributed by atoms with Gasteiger partial charge in [0.2, 0.25) is 5.91 Å². The van der Waals surface area contributed by atoms with Crippen molar-refractivity contribution in [3.05, 3.63) is 40.9 Å². The summed E-state index contributed by atoms with van der Waals surface area (Å²) in [6.45, 7) is 4.67. The molecule has 1 aliphatic heterocycles. The lowest BCUT2D eigenvalue weighted by Gasteiger charge is -2.26. The number of amides is 2. The average Bonchev–Trinajstić information content (AvgIpc) is 3.66. The molecule has 2 amide bonds. The van der Waals surface area contributed by atoms with Crippen molar-refractivity contribution in [2.75, 3.05) is 18.5 Å². The molecule has 2 fully saturated rings. The summed E-state index contributed by atoms with van der Waals surface area (Å²) in [7, 11) is -3.33. The third-order valence-electron chi connectivity index (χ3n) is 6.98. The second-order valence-electron chi connectivity index (χ2n) is 10.2. The summed E-state index contributed by atoms with van der Waals surface area (Å²) in [6, 6.07) is 5.52. The number of thiazole rings is 1. The summed E-state index contributed by atoms with van der Waals surface area (Å²) < 4.78 is 30.7. The Hall–Kier alpha value is -2.83. The lowest BCUT2D eigenvalue weighted by atomic mass is 9.84. The molecular formula is C26H33N3O7S2. The minimum atomic E-state index is -3.33. The first-order valence-corrected chi connectivity index (χ1v) is 15.1. The molecule has 1 unspecified atom stereocenters. The van der Waals surface area contributed by atoms with Gasteiger partial charge in [-0.15, -0.1) is 0 Å². The number of rotatable bonds is 11. The molecule has 1 aromatic heterocycles. The van der Waals surface area contributed by atoms with Gasteiger partial charge in [-0.2, -0.15) is 0 Å². The molecule has 1 aromatic carbocycles. The maximum Gasteiger partial charge on any atom is 0.326 e. The van der Waals surface area contributed by atoms with Crippen LogP contribution >= 0.6 is 11.3 Å². The van der Waals surface area contributed by atoms with Crippen molar-refractivity contribution in [3.8, 4) is 0 Å². The molecule has 206 valence electrons. The molecule has 2 atom stereocenters. The molecule has 1 saturated carbocycles. The monoisotopic (exact) mass is 563 g/mol. The Kier molecular flexibility index (Phi) is 8.84. The number of hydrogen-bond acceptors (Lipinski definition) is 8. The zero-order valence-corrected chi connectivity index (χ0v) is 23.0. The topological polar surface area (TPSA) is 152 Å². The van der Waals surface area contributed by atoms with Gasteiger partial charge >= 0.3 is 5.97 Å². The van der Waals surface area contributed by atoms with E-state index in [-0.39, 0.29) is 37.9 Å². The molecular weight excluding hydrogens is 530 g/mol. The van der Waals surface area contributed by atoms with E-state index in [4.69, 9.17) is 4.74 Å². The van der Waals surface area contributed by atoms with Crippen LogP contribution in [0.25, 0.3) is 0 Å². The van der Waals surface area contributed by atoms with Gasteiger partial charge in [0.25, 0.3) is 5.91 Å². The minimum Gasteiger partial charge on any atom is -0.480 e. The molecule has 10 nitrogen and oxygen atoms in total. The highest BCUT2D eigenvalue weighted by atomic mass is 32.2. The molecule has 1 saturated heterocycles. The molecule has 0 spiro atoms. The molecule has 38 heavy (non-hydrogen) atoms. The fraction of sp³-hybridized carbons (Fsp3) is 0.538. The molecule has 0 bridgehead atoms. The predicted molar refractivity (Wildman–Crippen MR) is 142 cm³/mol. The van der Waals surface area contributed by atoms with Crippen molar-refractivity contribution in [2.45, 2.75) is 68.1 Å². The number of carboxylic acid groups (broad SMARTS) is 1. The van der Waals surface area contributed by atoms with Crippen LogP contribution in [0.5, 0.6) is 0 Å². The summed E-state index contributed by atoms with van der Waals surface area (Å²) in [6.07, 6.45) is 4.90. The second-order valence-corrected chi connectivity index (χ2v) is 13.5. The average molecular weight is 564 g/mol. The van der Waals surface area contributed by atoms with E-state index in [9.17, 15) is 27.9 Å². The summed E-state index contributed by atoms with van der Waals surface area (Å²) in [4.78, 5) is 42.0. The van der Waals surface area contributed by atoms with Crippen LogP contribution in [-0.2, 0) is 24.2 Å². The van der Waals surface area contributed by atoms with Crippen LogP contribution < -0.4 is 10.6 Å². The van der Waals surface area contributed by atoms with E-state index >= 15 is 0 Å². The quantitative estimate of drug-likeness (QED) is 0.376. The third-order valence-corrected chi connectivity index (χ3v) is 10.2. The number of nitrogens with one attached hydrogen (secondary N) is 2. The normalized spacial score (nSPS) is 18.1. The highest BCUT2D eigenvalue weighted by Crippen LogP contribution is 2.35. The van der Waals surface area contributed by atoms with Crippen LogP contribution in [0.1, 0.15) is 67.1 Å². The molecule has 4 rings (SSSR count).